The Hall–Kier alpha value is -0.130. The Bertz CT molecular complexity index is 560. The first-order valence-corrected chi connectivity index (χ1v) is 12.0. The summed E-state index contributed by atoms with van der Waals surface area (Å²) in [7, 11) is -3.05. The standard InChI is InChI=1S/C18H37N5O2S.HI/c1-5-19-18(22-11-10-17(15-22)21(6-2)7-3)20-14-16-8-12-23(13-9-16)26(4,24)25;/h16-17H,5-15H2,1-4H3,(H,19,20);1H. The molecule has 1 N–H and O–H groups in total. The molecular weight excluding hydrogens is 477 g/mol. The smallest absolute Gasteiger partial charge is 0.211 e. The van der Waals surface area contributed by atoms with Crippen LogP contribution in [0.25, 0.3) is 0 Å². The predicted molar refractivity (Wildman–Crippen MR) is 123 cm³/mol. The monoisotopic (exact) mass is 515 g/mol. The molecule has 2 aliphatic rings. The largest absolute Gasteiger partial charge is 0.357 e. The summed E-state index contributed by atoms with van der Waals surface area (Å²) in [5.41, 5.74) is 0. The summed E-state index contributed by atoms with van der Waals surface area (Å²) < 4.78 is 24.9. The van der Waals surface area contributed by atoms with Crippen LogP contribution in [0.2, 0.25) is 0 Å². The number of nitrogens with one attached hydrogen (secondary N) is 1. The SMILES string of the molecule is CCNC(=NCC1CCN(S(C)(=O)=O)CC1)N1CCC(N(CC)CC)C1.I. The number of hydrogen-bond donors (Lipinski definition) is 1. The normalized spacial score (nSPS) is 22.9. The van der Waals surface area contributed by atoms with Crippen LogP contribution < -0.4 is 5.32 Å². The van der Waals surface area contributed by atoms with E-state index < -0.39 is 10.0 Å². The van der Waals surface area contributed by atoms with Gasteiger partial charge in [-0.25, -0.2) is 12.7 Å². The van der Waals surface area contributed by atoms with Crippen molar-refractivity contribution < 1.29 is 8.42 Å². The third-order valence-electron chi connectivity index (χ3n) is 5.67. The van der Waals surface area contributed by atoms with Gasteiger partial charge in [-0.15, -0.1) is 24.0 Å². The molecule has 0 amide bonds. The van der Waals surface area contributed by atoms with Gasteiger partial charge in [0.05, 0.1) is 6.26 Å². The molecule has 0 spiro atoms. The van der Waals surface area contributed by atoms with Crippen molar-refractivity contribution in [3.05, 3.63) is 0 Å². The third-order valence-corrected chi connectivity index (χ3v) is 6.97. The number of likely N-dealkylation sites (tertiary alicyclic amines) is 1. The fraction of sp³-hybridized carbons (Fsp3) is 0.944. The maximum atomic E-state index is 11.6. The average Bonchev–Trinajstić information content (AvgIpc) is 3.09. The molecule has 1 atom stereocenters. The van der Waals surface area contributed by atoms with E-state index in [9.17, 15) is 8.42 Å². The fourth-order valence-electron chi connectivity index (χ4n) is 4.04. The minimum absolute atomic E-state index is 0. The van der Waals surface area contributed by atoms with E-state index in [1.807, 2.05) is 0 Å². The van der Waals surface area contributed by atoms with Crippen LogP contribution in [0, 0.1) is 5.92 Å². The summed E-state index contributed by atoms with van der Waals surface area (Å²) in [4.78, 5) is 9.82. The molecule has 0 aromatic rings. The second-order valence-electron chi connectivity index (χ2n) is 7.41. The number of aliphatic imine (C=N–C) groups is 1. The Balaban J connectivity index is 0.00000364. The van der Waals surface area contributed by atoms with Crippen molar-refractivity contribution in [1.82, 2.24) is 19.4 Å². The number of nitrogens with zero attached hydrogens (tertiary/aromatic N) is 4. The maximum Gasteiger partial charge on any atom is 0.211 e. The molecule has 2 saturated heterocycles. The number of halogens is 1. The van der Waals surface area contributed by atoms with E-state index in [1.165, 1.54) is 12.7 Å². The van der Waals surface area contributed by atoms with Crippen molar-refractivity contribution in [2.24, 2.45) is 10.9 Å². The minimum atomic E-state index is -3.05. The first kappa shape index (κ1) is 24.9. The molecule has 0 radical (unpaired) electrons. The zero-order valence-electron chi connectivity index (χ0n) is 17.4. The summed E-state index contributed by atoms with van der Waals surface area (Å²) in [6, 6.07) is 0.617. The minimum Gasteiger partial charge on any atom is -0.357 e. The van der Waals surface area contributed by atoms with Crippen LogP contribution in [0.4, 0.5) is 0 Å². The fourth-order valence-corrected chi connectivity index (χ4v) is 4.91. The topological polar surface area (TPSA) is 68.2 Å². The Morgan fingerprint density at radius 2 is 1.74 bits per heavy atom. The molecule has 0 saturated carbocycles. The lowest BCUT2D eigenvalue weighted by Crippen LogP contribution is -2.43. The van der Waals surface area contributed by atoms with Crippen LogP contribution in [0.3, 0.4) is 0 Å². The Labute approximate surface area is 183 Å². The first-order chi connectivity index (χ1) is 12.4. The molecule has 1 unspecified atom stereocenters. The van der Waals surface area contributed by atoms with Crippen LogP contribution in [-0.2, 0) is 10.0 Å². The predicted octanol–water partition coefficient (Wildman–Crippen LogP) is 1.66. The highest BCUT2D eigenvalue weighted by Gasteiger charge is 2.29. The number of rotatable bonds is 7. The second-order valence-corrected chi connectivity index (χ2v) is 9.39. The van der Waals surface area contributed by atoms with Gasteiger partial charge < -0.3 is 10.2 Å². The van der Waals surface area contributed by atoms with E-state index in [0.717, 1.165) is 58.1 Å². The van der Waals surface area contributed by atoms with Gasteiger partial charge in [-0.3, -0.25) is 9.89 Å². The quantitative estimate of drug-likeness (QED) is 0.318. The van der Waals surface area contributed by atoms with Gasteiger partial charge in [-0.1, -0.05) is 13.8 Å². The van der Waals surface area contributed by atoms with Gasteiger partial charge in [0.15, 0.2) is 5.96 Å². The molecule has 9 heteroatoms. The Kier molecular flexibility index (Phi) is 10.9. The summed E-state index contributed by atoms with van der Waals surface area (Å²) in [6.07, 6.45) is 4.30. The molecule has 2 aliphatic heterocycles. The number of piperidine rings is 1. The molecule has 2 heterocycles. The summed E-state index contributed by atoms with van der Waals surface area (Å²) in [5.74, 6) is 1.50. The molecule has 160 valence electrons. The number of hydrogen-bond acceptors (Lipinski definition) is 4. The number of likely N-dealkylation sites (N-methyl/N-ethyl adjacent to an activating group) is 1. The molecular formula is C18H38IN5O2S. The van der Waals surface area contributed by atoms with Crippen LogP contribution in [0.1, 0.15) is 40.0 Å². The van der Waals surface area contributed by atoms with Crippen molar-refractivity contribution in [1.29, 1.82) is 0 Å². The molecule has 27 heavy (non-hydrogen) atoms. The van der Waals surface area contributed by atoms with E-state index in [1.54, 1.807) is 4.31 Å². The van der Waals surface area contributed by atoms with E-state index in [-0.39, 0.29) is 24.0 Å². The molecule has 0 aromatic carbocycles. The van der Waals surface area contributed by atoms with E-state index in [2.05, 4.69) is 35.9 Å². The van der Waals surface area contributed by atoms with Gasteiger partial charge >= 0.3 is 0 Å². The van der Waals surface area contributed by atoms with Crippen molar-refractivity contribution in [3.63, 3.8) is 0 Å². The average molecular weight is 516 g/mol. The third kappa shape index (κ3) is 7.32. The van der Waals surface area contributed by atoms with Gasteiger partial charge in [0.25, 0.3) is 0 Å². The molecule has 7 nitrogen and oxygen atoms in total. The molecule has 2 fully saturated rings. The second kappa shape index (κ2) is 11.8. The van der Waals surface area contributed by atoms with Gasteiger partial charge in [-0.05, 0) is 45.2 Å². The lowest BCUT2D eigenvalue weighted by Gasteiger charge is -2.30. The Morgan fingerprint density at radius 1 is 1.11 bits per heavy atom. The number of sulfonamides is 1. The van der Waals surface area contributed by atoms with E-state index in [4.69, 9.17) is 4.99 Å². The molecule has 0 aliphatic carbocycles. The summed E-state index contributed by atoms with van der Waals surface area (Å²) in [5, 5.41) is 3.44. The van der Waals surface area contributed by atoms with Crippen molar-refractivity contribution >= 4 is 40.0 Å². The van der Waals surface area contributed by atoms with Crippen molar-refractivity contribution in [2.45, 2.75) is 46.1 Å². The van der Waals surface area contributed by atoms with Crippen LogP contribution in [0.5, 0.6) is 0 Å². The van der Waals surface area contributed by atoms with E-state index in [0.29, 0.717) is 25.0 Å². The molecule has 0 bridgehead atoms. The summed E-state index contributed by atoms with van der Waals surface area (Å²) in [6.45, 7) is 13.8. The molecule has 0 aromatic heterocycles. The lowest BCUT2D eigenvalue weighted by molar-refractivity contribution is 0.223. The van der Waals surface area contributed by atoms with Gasteiger partial charge in [0.2, 0.25) is 10.0 Å². The van der Waals surface area contributed by atoms with Crippen LogP contribution in [-0.4, -0.2) is 93.1 Å². The highest BCUT2D eigenvalue weighted by Crippen LogP contribution is 2.20. The van der Waals surface area contributed by atoms with Gasteiger partial charge in [0, 0.05) is 45.3 Å². The van der Waals surface area contributed by atoms with Crippen LogP contribution >= 0.6 is 24.0 Å². The maximum absolute atomic E-state index is 11.6. The lowest BCUT2D eigenvalue weighted by atomic mass is 9.98. The highest BCUT2D eigenvalue weighted by atomic mass is 127. The van der Waals surface area contributed by atoms with Gasteiger partial charge in [0.1, 0.15) is 0 Å². The Morgan fingerprint density at radius 3 is 2.26 bits per heavy atom. The van der Waals surface area contributed by atoms with Crippen LogP contribution in [0.15, 0.2) is 4.99 Å². The van der Waals surface area contributed by atoms with Crippen molar-refractivity contribution in [3.8, 4) is 0 Å². The van der Waals surface area contributed by atoms with Gasteiger partial charge in [-0.2, -0.15) is 0 Å². The number of guanidine groups is 1. The highest BCUT2D eigenvalue weighted by molar-refractivity contribution is 14.0. The van der Waals surface area contributed by atoms with E-state index >= 15 is 0 Å². The molecule has 2 rings (SSSR count). The first-order valence-electron chi connectivity index (χ1n) is 10.1. The zero-order chi connectivity index (χ0) is 19.2. The summed E-state index contributed by atoms with van der Waals surface area (Å²) >= 11 is 0. The van der Waals surface area contributed by atoms with Crippen molar-refractivity contribution in [2.75, 3.05) is 58.6 Å². The zero-order valence-corrected chi connectivity index (χ0v) is 20.5.